The van der Waals surface area contributed by atoms with Crippen molar-refractivity contribution in [1.82, 2.24) is 4.90 Å². The molecular weight excluding hydrogens is 204 g/mol. The molecule has 0 spiro atoms. The molecule has 0 aromatic heterocycles. The average molecular weight is 224 g/mol. The molecule has 0 amide bonds. The first-order valence-corrected chi connectivity index (χ1v) is 5.32. The minimum absolute atomic E-state index is 0.329. The van der Waals surface area contributed by atoms with E-state index in [2.05, 4.69) is 0 Å². The van der Waals surface area contributed by atoms with Crippen LogP contribution in [0.1, 0.15) is 12.5 Å². The van der Waals surface area contributed by atoms with E-state index in [1.54, 1.807) is 14.0 Å². The van der Waals surface area contributed by atoms with Crippen LogP contribution < -0.4 is 10.5 Å². The molecule has 0 aliphatic heterocycles. The molecule has 1 rings (SSSR count). The first-order valence-electron chi connectivity index (χ1n) is 5.32. The van der Waals surface area contributed by atoms with Gasteiger partial charge in [-0.25, -0.2) is 0 Å². The summed E-state index contributed by atoms with van der Waals surface area (Å²) in [7, 11) is 3.59. The highest BCUT2D eigenvalue weighted by Crippen LogP contribution is 2.22. The van der Waals surface area contributed by atoms with Crippen LogP contribution in [0.4, 0.5) is 5.69 Å². The van der Waals surface area contributed by atoms with Gasteiger partial charge in [0.15, 0.2) is 0 Å². The van der Waals surface area contributed by atoms with E-state index >= 15 is 0 Å². The summed E-state index contributed by atoms with van der Waals surface area (Å²) in [4.78, 5) is 2.04. The van der Waals surface area contributed by atoms with Crippen molar-refractivity contribution in [2.24, 2.45) is 0 Å². The lowest BCUT2D eigenvalue weighted by molar-refractivity contribution is 0.138. The monoisotopic (exact) mass is 224 g/mol. The molecule has 16 heavy (non-hydrogen) atoms. The van der Waals surface area contributed by atoms with Gasteiger partial charge >= 0.3 is 0 Å². The van der Waals surface area contributed by atoms with Crippen molar-refractivity contribution in [2.45, 2.75) is 19.6 Å². The Balaban J connectivity index is 2.72. The Hall–Kier alpha value is -1.26. The van der Waals surface area contributed by atoms with Gasteiger partial charge in [-0.05, 0) is 20.0 Å². The molecule has 0 radical (unpaired) electrons. The largest absolute Gasteiger partial charge is 0.496 e. The van der Waals surface area contributed by atoms with E-state index in [1.807, 2.05) is 30.1 Å². The summed E-state index contributed by atoms with van der Waals surface area (Å²) < 4.78 is 5.26. The molecule has 1 aromatic rings. The molecule has 1 atom stereocenters. The zero-order chi connectivity index (χ0) is 12.1. The van der Waals surface area contributed by atoms with E-state index in [0.29, 0.717) is 12.2 Å². The van der Waals surface area contributed by atoms with Crippen LogP contribution >= 0.6 is 0 Å². The van der Waals surface area contributed by atoms with E-state index in [-0.39, 0.29) is 6.10 Å². The van der Waals surface area contributed by atoms with Crippen LogP contribution in [0.15, 0.2) is 18.2 Å². The number of methoxy groups -OCH3 is 1. The lowest BCUT2D eigenvalue weighted by atomic mass is 10.1. The van der Waals surface area contributed by atoms with Crippen LogP contribution in [-0.2, 0) is 6.54 Å². The van der Waals surface area contributed by atoms with Crippen LogP contribution in [0.3, 0.4) is 0 Å². The number of hydrogen-bond donors (Lipinski definition) is 2. The van der Waals surface area contributed by atoms with Gasteiger partial charge in [0.25, 0.3) is 0 Å². The molecule has 4 heteroatoms. The Morgan fingerprint density at radius 1 is 1.50 bits per heavy atom. The quantitative estimate of drug-likeness (QED) is 0.735. The molecule has 0 bridgehead atoms. The first kappa shape index (κ1) is 12.8. The van der Waals surface area contributed by atoms with Crippen LogP contribution in [0, 0.1) is 0 Å². The summed E-state index contributed by atoms with van der Waals surface area (Å²) in [5, 5.41) is 9.28. The SMILES string of the molecule is COc1cc(N)ccc1CN(C)CC(C)O. The maximum absolute atomic E-state index is 9.28. The van der Waals surface area contributed by atoms with Gasteiger partial charge in [0.2, 0.25) is 0 Å². The molecule has 1 unspecified atom stereocenters. The lowest BCUT2D eigenvalue weighted by Crippen LogP contribution is -2.26. The predicted octanol–water partition coefficient (Wildman–Crippen LogP) is 1.09. The smallest absolute Gasteiger partial charge is 0.125 e. The fourth-order valence-electron chi connectivity index (χ4n) is 1.70. The van der Waals surface area contributed by atoms with Gasteiger partial charge in [-0.2, -0.15) is 0 Å². The summed E-state index contributed by atoms with van der Waals surface area (Å²) >= 11 is 0. The third-order valence-electron chi connectivity index (χ3n) is 2.33. The van der Waals surface area contributed by atoms with E-state index < -0.39 is 0 Å². The summed E-state index contributed by atoms with van der Waals surface area (Å²) in [6.07, 6.45) is -0.329. The fraction of sp³-hybridized carbons (Fsp3) is 0.500. The minimum atomic E-state index is -0.329. The number of rotatable bonds is 5. The lowest BCUT2D eigenvalue weighted by Gasteiger charge is -2.19. The zero-order valence-electron chi connectivity index (χ0n) is 10.1. The highest BCUT2D eigenvalue weighted by atomic mass is 16.5. The number of likely N-dealkylation sites (N-methyl/N-ethyl adjacent to an activating group) is 1. The van der Waals surface area contributed by atoms with Crippen molar-refractivity contribution < 1.29 is 9.84 Å². The average Bonchev–Trinajstić information content (AvgIpc) is 2.19. The van der Waals surface area contributed by atoms with Gasteiger partial charge < -0.3 is 15.6 Å². The Morgan fingerprint density at radius 2 is 2.19 bits per heavy atom. The molecule has 0 saturated heterocycles. The molecule has 0 saturated carbocycles. The molecule has 1 aromatic carbocycles. The fourth-order valence-corrected chi connectivity index (χ4v) is 1.70. The van der Waals surface area contributed by atoms with Gasteiger partial charge in [0.1, 0.15) is 5.75 Å². The molecule has 0 fully saturated rings. The summed E-state index contributed by atoms with van der Waals surface area (Å²) in [5.74, 6) is 0.789. The van der Waals surface area contributed by atoms with E-state index in [4.69, 9.17) is 10.5 Å². The topological polar surface area (TPSA) is 58.7 Å². The standard InChI is InChI=1S/C12H20N2O2/c1-9(15)7-14(2)8-10-4-5-11(13)6-12(10)16-3/h4-6,9,15H,7-8,13H2,1-3H3. The van der Waals surface area contributed by atoms with Gasteiger partial charge in [0, 0.05) is 30.4 Å². The summed E-state index contributed by atoms with van der Waals surface area (Å²) in [5.41, 5.74) is 7.44. The number of benzene rings is 1. The third-order valence-corrected chi connectivity index (χ3v) is 2.33. The molecular formula is C12H20N2O2. The minimum Gasteiger partial charge on any atom is -0.496 e. The molecule has 3 N–H and O–H groups in total. The number of nitrogen functional groups attached to an aromatic ring is 1. The molecule has 0 aliphatic rings. The number of anilines is 1. The van der Waals surface area contributed by atoms with Crippen molar-refractivity contribution in [3.05, 3.63) is 23.8 Å². The molecule has 0 heterocycles. The van der Waals surface area contributed by atoms with Crippen LogP contribution in [0.2, 0.25) is 0 Å². The van der Waals surface area contributed by atoms with Crippen LogP contribution in [0.25, 0.3) is 0 Å². The second kappa shape index (κ2) is 5.72. The van der Waals surface area contributed by atoms with Gasteiger partial charge in [0.05, 0.1) is 13.2 Å². The van der Waals surface area contributed by atoms with Crippen LogP contribution in [0.5, 0.6) is 5.75 Å². The summed E-state index contributed by atoms with van der Waals surface area (Å²) in [6.45, 7) is 3.14. The maximum Gasteiger partial charge on any atom is 0.125 e. The van der Waals surface area contributed by atoms with E-state index in [0.717, 1.165) is 17.9 Å². The zero-order valence-corrected chi connectivity index (χ0v) is 10.1. The van der Waals surface area contributed by atoms with Gasteiger partial charge in [-0.15, -0.1) is 0 Å². The second-order valence-electron chi connectivity index (χ2n) is 4.12. The normalized spacial score (nSPS) is 12.8. The van der Waals surface area contributed by atoms with E-state index in [9.17, 15) is 5.11 Å². The van der Waals surface area contributed by atoms with Crippen molar-refractivity contribution in [3.8, 4) is 5.75 Å². The van der Waals surface area contributed by atoms with Gasteiger partial charge in [-0.3, -0.25) is 4.90 Å². The third kappa shape index (κ3) is 3.72. The van der Waals surface area contributed by atoms with Crippen molar-refractivity contribution in [1.29, 1.82) is 0 Å². The Morgan fingerprint density at radius 3 is 2.75 bits per heavy atom. The number of nitrogens with zero attached hydrogens (tertiary/aromatic N) is 1. The van der Waals surface area contributed by atoms with Crippen molar-refractivity contribution in [3.63, 3.8) is 0 Å². The number of aliphatic hydroxyl groups is 1. The molecule has 0 aliphatic carbocycles. The second-order valence-corrected chi connectivity index (χ2v) is 4.12. The van der Waals surface area contributed by atoms with Crippen molar-refractivity contribution >= 4 is 5.69 Å². The highest BCUT2D eigenvalue weighted by Gasteiger charge is 2.08. The molecule has 90 valence electrons. The first-order chi connectivity index (χ1) is 7.52. The highest BCUT2D eigenvalue weighted by molar-refractivity contribution is 5.48. The Labute approximate surface area is 96.6 Å². The van der Waals surface area contributed by atoms with E-state index in [1.165, 1.54) is 0 Å². The molecule has 4 nitrogen and oxygen atoms in total. The number of aliphatic hydroxyl groups excluding tert-OH is 1. The van der Waals surface area contributed by atoms with Gasteiger partial charge in [-0.1, -0.05) is 6.07 Å². The Kier molecular flexibility index (Phi) is 4.58. The van der Waals surface area contributed by atoms with Crippen molar-refractivity contribution in [2.75, 3.05) is 26.4 Å². The predicted molar refractivity (Wildman–Crippen MR) is 65.4 cm³/mol. The Bertz CT molecular complexity index is 340. The number of hydrogen-bond acceptors (Lipinski definition) is 4. The number of nitrogens with two attached hydrogens (primary N) is 1. The number of ether oxygens (including phenoxy) is 1. The summed E-state index contributed by atoms with van der Waals surface area (Å²) in [6, 6.07) is 5.62. The maximum atomic E-state index is 9.28. The van der Waals surface area contributed by atoms with Crippen LogP contribution in [-0.4, -0.2) is 36.8 Å².